The lowest BCUT2D eigenvalue weighted by atomic mass is 10.1. The molecule has 0 fully saturated rings. The van der Waals surface area contributed by atoms with Crippen molar-refractivity contribution in [2.45, 2.75) is 62.5 Å². The maximum atomic E-state index is 14.0. The highest BCUT2D eigenvalue weighted by molar-refractivity contribution is 9.10. The van der Waals surface area contributed by atoms with Crippen LogP contribution in [0.25, 0.3) is 0 Å². The number of hydrogen-bond donors (Lipinski definition) is 1. The first-order valence-electron chi connectivity index (χ1n) is 13.7. The van der Waals surface area contributed by atoms with Gasteiger partial charge in [0, 0.05) is 22.0 Å². The van der Waals surface area contributed by atoms with E-state index in [1.54, 1.807) is 43.3 Å². The number of thioether (sulfide) groups is 1. The maximum Gasteiger partial charge on any atom is 0.264 e. The molecule has 3 rings (SSSR count). The molecule has 42 heavy (non-hydrogen) atoms. The van der Waals surface area contributed by atoms with Crippen molar-refractivity contribution in [3.63, 3.8) is 0 Å². The van der Waals surface area contributed by atoms with Crippen LogP contribution in [-0.2, 0) is 26.2 Å². The van der Waals surface area contributed by atoms with E-state index in [-0.39, 0.29) is 23.4 Å². The van der Waals surface area contributed by atoms with Gasteiger partial charge in [0.1, 0.15) is 18.3 Å². The molecule has 0 radical (unpaired) electrons. The summed E-state index contributed by atoms with van der Waals surface area (Å²) in [6, 6.07) is 19.6. The van der Waals surface area contributed by atoms with E-state index < -0.39 is 28.5 Å². The zero-order valence-electron chi connectivity index (χ0n) is 24.5. The minimum absolute atomic E-state index is 0.0593. The highest BCUT2D eigenvalue weighted by atomic mass is 79.9. The maximum absolute atomic E-state index is 14.0. The van der Waals surface area contributed by atoms with Crippen LogP contribution in [0.4, 0.5) is 5.69 Å². The summed E-state index contributed by atoms with van der Waals surface area (Å²) in [5.74, 6) is -0.234. The lowest BCUT2D eigenvalue weighted by Crippen LogP contribution is -2.52. The van der Waals surface area contributed by atoms with Gasteiger partial charge in [-0.1, -0.05) is 35.0 Å². The third-order valence-electron chi connectivity index (χ3n) is 6.80. The lowest BCUT2D eigenvalue weighted by molar-refractivity contribution is -0.139. The summed E-state index contributed by atoms with van der Waals surface area (Å²) in [7, 11) is -4.15. The first-order chi connectivity index (χ1) is 20.0. The Hall–Kier alpha value is -3.02. The van der Waals surface area contributed by atoms with Crippen LogP contribution in [0.5, 0.6) is 5.75 Å². The number of carbonyl (C=O) groups is 2. The fourth-order valence-electron chi connectivity index (χ4n) is 4.11. The molecular weight excluding hydrogens is 638 g/mol. The molecule has 1 N–H and O–H groups in total. The van der Waals surface area contributed by atoms with Crippen molar-refractivity contribution in [2.24, 2.45) is 0 Å². The van der Waals surface area contributed by atoms with E-state index >= 15 is 0 Å². The fourth-order valence-corrected chi connectivity index (χ4v) is 6.20. The Labute approximate surface area is 262 Å². The molecule has 0 saturated heterocycles. The normalized spacial score (nSPS) is 12.7. The van der Waals surface area contributed by atoms with Gasteiger partial charge in [-0.2, -0.15) is 0 Å². The second kappa shape index (κ2) is 15.5. The van der Waals surface area contributed by atoms with Gasteiger partial charge in [-0.25, -0.2) is 8.42 Å². The molecule has 0 heterocycles. The summed E-state index contributed by atoms with van der Waals surface area (Å²) in [5, 5.41) is 2.94. The van der Waals surface area contributed by atoms with Gasteiger partial charge in [0.2, 0.25) is 11.8 Å². The molecule has 0 aromatic heterocycles. The summed E-state index contributed by atoms with van der Waals surface area (Å²) in [5.41, 5.74) is 1.11. The van der Waals surface area contributed by atoms with Crippen LogP contribution in [0, 0.1) is 0 Å². The second-order valence-corrected chi connectivity index (χ2v) is 13.4. The Morgan fingerprint density at radius 3 is 2.12 bits per heavy atom. The van der Waals surface area contributed by atoms with Crippen LogP contribution >= 0.6 is 27.7 Å². The molecular formula is C31H38BrN3O5S2. The SMILES string of the molecule is CCOc1ccc(N(CC(=O)N(Cc2ccc(Br)cc2)[C@@H](C)C(=O)N[C@H](C)CC)S(=O)(=O)c2ccc(SC)cc2)cc1. The summed E-state index contributed by atoms with van der Waals surface area (Å²) < 4.78 is 35.5. The van der Waals surface area contributed by atoms with Gasteiger partial charge in [-0.05, 0) is 99.7 Å². The number of amides is 2. The van der Waals surface area contributed by atoms with E-state index in [1.807, 2.05) is 51.3 Å². The number of hydrogen-bond acceptors (Lipinski definition) is 6. The first-order valence-corrected chi connectivity index (χ1v) is 17.2. The molecule has 3 aromatic carbocycles. The Balaban J connectivity index is 2.03. The molecule has 0 aliphatic heterocycles. The first kappa shape index (κ1) is 33.5. The number of anilines is 1. The highest BCUT2D eigenvalue weighted by Crippen LogP contribution is 2.28. The summed E-state index contributed by atoms with van der Waals surface area (Å²) >= 11 is 4.93. The molecule has 226 valence electrons. The van der Waals surface area contributed by atoms with Crippen molar-refractivity contribution in [3.05, 3.63) is 82.8 Å². The molecule has 0 aliphatic rings. The molecule has 3 aromatic rings. The third-order valence-corrected chi connectivity index (χ3v) is 9.86. The van der Waals surface area contributed by atoms with Gasteiger partial charge in [0.25, 0.3) is 10.0 Å². The summed E-state index contributed by atoms with van der Waals surface area (Å²) in [6.45, 7) is 7.47. The van der Waals surface area contributed by atoms with Crippen molar-refractivity contribution < 1.29 is 22.7 Å². The number of benzene rings is 3. The van der Waals surface area contributed by atoms with Gasteiger partial charge < -0.3 is 15.0 Å². The van der Waals surface area contributed by atoms with E-state index in [4.69, 9.17) is 4.74 Å². The Kier molecular flexibility index (Phi) is 12.3. The lowest BCUT2D eigenvalue weighted by Gasteiger charge is -2.32. The van der Waals surface area contributed by atoms with Crippen LogP contribution in [-0.4, -0.2) is 56.6 Å². The molecule has 2 atom stereocenters. The average Bonchev–Trinajstić information content (AvgIpc) is 2.99. The van der Waals surface area contributed by atoms with Gasteiger partial charge in [-0.3, -0.25) is 13.9 Å². The Bertz CT molecular complexity index is 1430. The van der Waals surface area contributed by atoms with Crippen LogP contribution in [0.1, 0.15) is 39.7 Å². The second-order valence-electron chi connectivity index (χ2n) is 9.76. The van der Waals surface area contributed by atoms with E-state index in [2.05, 4.69) is 21.2 Å². The predicted molar refractivity (Wildman–Crippen MR) is 172 cm³/mol. The number of carbonyl (C=O) groups excluding carboxylic acids is 2. The number of ether oxygens (including phenoxy) is 1. The number of halogens is 1. The standard InChI is InChI=1S/C31H38BrN3O5S2/c1-6-22(3)33-31(37)23(4)34(20-24-8-10-25(32)11-9-24)30(36)21-35(26-12-14-27(15-13-26)40-7-2)42(38,39)29-18-16-28(41-5)17-19-29/h8-19,22-23H,6-7,20-21H2,1-5H3,(H,33,37)/t22-,23+/m1/s1. The van der Waals surface area contributed by atoms with Crippen LogP contribution in [0.15, 0.2) is 87.1 Å². The molecule has 11 heteroatoms. The highest BCUT2D eigenvalue weighted by Gasteiger charge is 2.33. The topological polar surface area (TPSA) is 96.0 Å². The smallest absolute Gasteiger partial charge is 0.264 e. The van der Waals surface area contributed by atoms with E-state index in [0.29, 0.717) is 18.0 Å². The number of sulfonamides is 1. The van der Waals surface area contributed by atoms with Crippen molar-refractivity contribution in [3.8, 4) is 5.75 Å². The largest absolute Gasteiger partial charge is 0.494 e. The molecule has 0 bridgehead atoms. The van der Waals surface area contributed by atoms with Crippen LogP contribution in [0.2, 0.25) is 0 Å². The van der Waals surface area contributed by atoms with Gasteiger partial charge in [-0.15, -0.1) is 11.8 Å². The minimum Gasteiger partial charge on any atom is -0.494 e. The summed E-state index contributed by atoms with van der Waals surface area (Å²) in [6.07, 6.45) is 2.64. The molecule has 0 spiro atoms. The predicted octanol–water partition coefficient (Wildman–Crippen LogP) is 6.10. The van der Waals surface area contributed by atoms with Gasteiger partial charge >= 0.3 is 0 Å². The van der Waals surface area contributed by atoms with E-state index in [0.717, 1.165) is 25.7 Å². The monoisotopic (exact) mass is 675 g/mol. The van der Waals surface area contributed by atoms with Crippen molar-refractivity contribution in [2.75, 3.05) is 23.7 Å². The molecule has 8 nitrogen and oxygen atoms in total. The van der Waals surface area contributed by atoms with Crippen molar-refractivity contribution in [1.82, 2.24) is 10.2 Å². The molecule has 0 aliphatic carbocycles. The fraction of sp³-hybridized carbons (Fsp3) is 0.355. The zero-order chi connectivity index (χ0) is 30.9. The van der Waals surface area contributed by atoms with Crippen LogP contribution < -0.4 is 14.4 Å². The Morgan fingerprint density at radius 2 is 1.57 bits per heavy atom. The van der Waals surface area contributed by atoms with Gasteiger partial charge in [0.05, 0.1) is 17.2 Å². The Morgan fingerprint density at radius 1 is 0.952 bits per heavy atom. The van der Waals surface area contributed by atoms with Crippen molar-refractivity contribution >= 4 is 55.2 Å². The third kappa shape index (κ3) is 8.75. The summed E-state index contributed by atoms with van der Waals surface area (Å²) in [4.78, 5) is 29.6. The van der Waals surface area contributed by atoms with E-state index in [1.165, 1.54) is 28.8 Å². The number of rotatable bonds is 14. The molecule has 2 amide bonds. The van der Waals surface area contributed by atoms with Gasteiger partial charge in [0.15, 0.2) is 0 Å². The average molecular weight is 677 g/mol. The minimum atomic E-state index is -4.15. The van der Waals surface area contributed by atoms with Crippen molar-refractivity contribution in [1.29, 1.82) is 0 Å². The number of nitrogens with one attached hydrogen (secondary N) is 1. The zero-order valence-corrected chi connectivity index (χ0v) is 27.8. The molecule has 0 saturated carbocycles. The molecule has 0 unspecified atom stereocenters. The van der Waals surface area contributed by atoms with E-state index in [9.17, 15) is 18.0 Å². The number of nitrogens with zero attached hydrogens (tertiary/aromatic N) is 2. The van der Waals surface area contributed by atoms with Crippen LogP contribution in [0.3, 0.4) is 0 Å². The quantitative estimate of drug-likeness (QED) is 0.208.